The summed E-state index contributed by atoms with van der Waals surface area (Å²) in [6, 6.07) is 15.9. The molecule has 0 aromatic heterocycles. The van der Waals surface area contributed by atoms with Gasteiger partial charge in [-0.05, 0) is 35.5 Å². The highest BCUT2D eigenvalue weighted by Gasteiger charge is 2.28. The third kappa shape index (κ3) is 1.66. The summed E-state index contributed by atoms with van der Waals surface area (Å²) in [4.78, 5) is 12.5. The van der Waals surface area contributed by atoms with E-state index in [-0.39, 0.29) is 5.78 Å². The number of ketones is 1. The quantitative estimate of drug-likeness (QED) is 0.632. The van der Waals surface area contributed by atoms with Gasteiger partial charge in [0, 0.05) is 11.1 Å². The van der Waals surface area contributed by atoms with Crippen LogP contribution in [0.4, 0.5) is 0 Å². The third-order valence-electron chi connectivity index (χ3n) is 3.95. The van der Waals surface area contributed by atoms with Gasteiger partial charge in [0.1, 0.15) is 0 Å². The number of rotatable bonds is 1. The van der Waals surface area contributed by atoms with Crippen molar-refractivity contribution in [2.45, 2.75) is 12.8 Å². The van der Waals surface area contributed by atoms with Gasteiger partial charge in [-0.25, -0.2) is 0 Å². The van der Waals surface area contributed by atoms with Crippen LogP contribution in [0.3, 0.4) is 0 Å². The molecule has 0 radical (unpaired) electrons. The zero-order valence-electron chi connectivity index (χ0n) is 10.6. The predicted molar refractivity (Wildman–Crippen MR) is 76.1 cm³/mol. The lowest BCUT2D eigenvalue weighted by molar-refractivity contribution is 0.103. The Kier molecular flexibility index (Phi) is 2.22. The summed E-state index contributed by atoms with van der Waals surface area (Å²) in [7, 11) is 0. The van der Waals surface area contributed by atoms with Crippen molar-refractivity contribution in [1.82, 2.24) is 0 Å². The number of fused-ring (bicyclic) bond motifs is 2. The van der Waals surface area contributed by atoms with E-state index in [2.05, 4.69) is 18.2 Å². The highest BCUT2D eigenvalue weighted by atomic mass is 16.1. The van der Waals surface area contributed by atoms with Crippen molar-refractivity contribution in [2.75, 3.05) is 0 Å². The second kappa shape index (κ2) is 3.92. The van der Waals surface area contributed by atoms with Crippen LogP contribution in [0.25, 0.3) is 5.57 Å². The van der Waals surface area contributed by atoms with E-state index in [1.165, 1.54) is 18.4 Å². The highest BCUT2D eigenvalue weighted by molar-refractivity contribution is 6.18. The normalized spacial score (nSPS) is 16.8. The van der Waals surface area contributed by atoms with Crippen molar-refractivity contribution in [3.05, 3.63) is 76.9 Å². The first kappa shape index (κ1) is 10.7. The Labute approximate surface area is 112 Å². The van der Waals surface area contributed by atoms with Gasteiger partial charge in [0.2, 0.25) is 0 Å². The Hall–Kier alpha value is -2.15. The second-order valence-corrected chi connectivity index (χ2v) is 5.34. The van der Waals surface area contributed by atoms with E-state index in [0.717, 1.165) is 22.3 Å². The fourth-order valence-corrected chi connectivity index (χ4v) is 2.80. The zero-order chi connectivity index (χ0) is 12.8. The van der Waals surface area contributed by atoms with Crippen molar-refractivity contribution in [3.63, 3.8) is 0 Å². The fraction of sp³-hybridized carbons (Fsp3) is 0.167. The lowest BCUT2D eigenvalue weighted by Crippen LogP contribution is -2.14. The van der Waals surface area contributed by atoms with Crippen LogP contribution >= 0.6 is 0 Å². The zero-order valence-corrected chi connectivity index (χ0v) is 10.6. The molecule has 0 unspecified atom stereocenters. The molecule has 0 saturated heterocycles. The Balaban J connectivity index is 2.01. The van der Waals surface area contributed by atoms with E-state index >= 15 is 0 Å². The molecule has 1 heteroatoms. The molecule has 2 aliphatic rings. The van der Waals surface area contributed by atoms with Gasteiger partial charge in [0.15, 0.2) is 5.78 Å². The summed E-state index contributed by atoms with van der Waals surface area (Å²) >= 11 is 0. The molecule has 1 saturated carbocycles. The Bertz CT molecular complexity index is 654. The van der Waals surface area contributed by atoms with Crippen molar-refractivity contribution in [3.8, 4) is 0 Å². The minimum Gasteiger partial charge on any atom is -0.289 e. The van der Waals surface area contributed by atoms with Gasteiger partial charge in [-0.1, -0.05) is 54.6 Å². The number of carbonyl (C=O) groups excluding carboxylic acids is 1. The number of benzene rings is 2. The molecule has 0 amide bonds. The molecule has 0 aliphatic heterocycles. The van der Waals surface area contributed by atoms with Crippen LogP contribution in [0.15, 0.2) is 54.6 Å². The molecule has 0 heterocycles. The van der Waals surface area contributed by atoms with Crippen LogP contribution < -0.4 is 0 Å². The Morgan fingerprint density at radius 2 is 1.26 bits per heavy atom. The van der Waals surface area contributed by atoms with Crippen molar-refractivity contribution < 1.29 is 4.79 Å². The molecule has 0 N–H and O–H groups in total. The van der Waals surface area contributed by atoms with Gasteiger partial charge >= 0.3 is 0 Å². The summed E-state index contributed by atoms with van der Waals surface area (Å²) in [6.45, 7) is 0. The smallest absolute Gasteiger partial charge is 0.194 e. The minimum atomic E-state index is 0.152. The van der Waals surface area contributed by atoms with Gasteiger partial charge in [-0.3, -0.25) is 4.79 Å². The SMILES string of the molecule is O=C1c2ccccc2C(=CC2CC2)c2ccccc21. The highest BCUT2D eigenvalue weighted by Crippen LogP contribution is 2.40. The topological polar surface area (TPSA) is 17.1 Å². The molecule has 0 atom stereocenters. The Morgan fingerprint density at radius 1 is 0.789 bits per heavy atom. The van der Waals surface area contributed by atoms with Gasteiger partial charge < -0.3 is 0 Å². The molecule has 92 valence electrons. The maximum Gasteiger partial charge on any atom is 0.194 e. The fourth-order valence-electron chi connectivity index (χ4n) is 2.80. The van der Waals surface area contributed by atoms with Gasteiger partial charge in [0.05, 0.1) is 0 Å². The number of carbonyl (C=O) groups is 1. The standard InChI is InChI=1S/C18H14O/c19-18-15-7-3-1-5-13(15)17(11-12-9-10-12)14-6-2-4-8-16(14)18/h1-8,11-12H,9-10H2. The lowest BCUT2D eigenvalue weighted by atomic mass is 9.81. The van der Waals surface area contributed by atoms with Crippen molar-refractivity contribution in [2.24, 2.45) is 5.92 Å². The molecule has 2 aromatic rings. The maximum atomic E-state index is 12.5. The number of hydrogen-bond acceptors (Lipinski definition) is 1. The minimum absolute atomic E-state index is 0.152. The van der Waals surface area contributed by atoms with Crippen LogP contribution in [0.5, 0.6) is 0 Å². The monoisotopic (exact) mass is 246 g/mol. The summed E-state index contributed by atoms with van der Waals surface area (Å²) in [5, 5.41) is 0. The molecule has 1 nitrogen and oxygen atoms in total. The lowest BCUT2D eigenvalue weighted by Gasteiger charge is -2.21. The first-order valence-corrected chi connectivity index (χ1v) is 6.80. The average Bonchev–Trinajstić information content (AvgIpc) is 3.28. The predicted octanol–water partition coefficient (Wildman–Crippen LogP) is 4.07. The molecule has 0 bridgehead atoms. The van der Waals surface area contributed by atoms with E-state index in [4.69, 9.17) is 0 Å². The van der Waals surface area contributed by atoms with Crippen LogP contribution in [-0.4, -0.2) is 5.78 Å². The molecule has 19 heavy (non-hydrogen) atoms. The van der Waals surface area contributed by atoms with Gasteiger partial charge in [-0.15, -0.1) is 0 Å². The van der Waals surface area contributed by atoms with Crippen molar-refractivity contribution >= 4 is 11.4 Å². The van der Waals surface area contributed by atoms with E-state index in [9.17, 15) is 4.79 Å². The number of hydrogen-bond donors (Lipinski definition) is 0. The van der Waals surface area contributed by atoms with Gasteiger partial charge in [0.25, 0.3) is 0 Å². The first-order valence-electron chi connectivity index (χ1n) is 6.80. The second-order valence-electron chi connectivity index (χ2n) is 5.34. The largest absolute Gasteiger partial charge is 0.289 e. The van der Waals surface area contributed by atoms with E-state index < -0.39 is 0 Å². The third-order valence-corrected chi connectivity index (χ3v) is 3.95. The molecular weight excluding hydrogens is 232 g/mol. The van der Waals surface area contributed by atoms with Crippen LogP contribution in [0, 0.1) is 5.92 Å². The maximum absolute atomic E-state index is 12.5. The van der Waals surface area contributed by atoms with Crippen LogP contribution in [0.1, 0.15) is 39.9 Å². The average molecular weight is 246 g/mol. The molecule has 2 aliphatic carbocycles. The van der Waals surface area contributed by atoms with Crippen LogP contribution in [-0.2, 0) is 0 Å². The summed E-state index contributed by atoms with van der Waals surface area (Å²) < 4.78 is 0. The van der Waals surface area contributed by atoms with Crippen molar-refractivity contribution in [1.29, 1.82) is 0 Å². The Morgan fingerprint density at radius 3 is 1.74 bits per heavy atom. The number of allylic oxidation sites excluding steroid dienone is 1. The summed E-state index contributed by atoms with van der Waals surface area (Å²) in [5.74, 6) is 0.850. The summed E-state index contributed by atoms with van der Waals surface area (Å²) in [6.07, 6.45) is 4.91. The molecule has 1 fully saturated rings. The summed E-state index contributed by atoms with van der Waals surface area (Å²) in [5.41, 5.74) is 5.12. The van der Waals surface area contributed by atoms with E-state index in [1.54, 1.807) is 0 Å². The van der Waals surface area contributed by atoms with E-state index in [1.807, 2.05) is 36.4 Å². The molecule has 0 spiro atoms. The molecular formula is C18H14O. The van der Waals surface area contributed by atoms with E-state index in [0.29, 0.717) is 5.92 Å². The van der Waals surface area contributed by atoms with Gasteiger partial charge in [-0.2, -0.15) is 0 Å². The molecule has 2 aromatic carbocycles. The molecule has 4 rings (SSSR count). The van der Waals surface area contributed by atoms with Crippen LogP contribution in [0.2, 0.25) is 0 Å². The first-order chi connectivity index (χ1) is 9.34.